The monoisotopic (exact) mass is 439 g/mol. The molecular formula is C23H25N3O4S. The molecule has 0 fully saturated rings. The molecule has 7 nitrogen and oxygen atoms in total. The van der Waals surface area contributed by atoms with Crippen molar-refractivity contribution in [3.05, 3.63) is 53.1 Å². The summed E-state index contributed by atoms with van der Waals surface area (Å²) in [4.78, 5) is 14.6. The van der Waals surface area contributed by atoms with Crippen molar-refractivity contribution in [2.24, 2.45) is 0 Å². The van der Waals surface area contributed by atoms with Gasteiger partial charge in [0, 0.05) is 18.7 Å². The van der Waals surface area contributed by atoms with Gasteiger partial charge in [-0.3, -0.25) is 4.79 Å². The Labute approximate surface area is 185 Å². The highest BCUT2D eigenvalue weighted by Gasteiger charge is 2.18. The van der Waals surface area contributed by atoms with Gasteiger partial charge in [0.15, 0.2) is 11.5 Å². The predicted octanol–water partition coefficient (Wildman–Crippen LogP) is 4.27. The number of ether oxygens (including phenoxy) is 2. The molecule has 1 amide bonds. The number of benzene rings is 2. The van der Waals surface area contributed by atoms with Crippen molar-refractivity contribution in [3.63, 3.8) is 0 Å². The number of carbonyl (C=O) groups excluding carboxylic acids is 1. The topological polar surface area (TPSA) is 77.7 Å². The Balaban J connectivity index is 1.37. The zero-order valence-electron chi connectivity index (χ0n) is 17.9. The smallest absolute Gasteiger partial charge is 0.277 e. The Morgan fingerprint density at radius 1 is 1.03 bits per heavy atom. The minimum Gasteiger partial charge on any atom is -0.486 e. The lowest BCUT2D eigenvalue weighted by Gasteiger charge is -2.23. The molecule has 31 heavy (non-hydrogen) atoms. The van der Waals surface area contributed by atoms with Crippen LogP contribution in [0.25, 0.3) is 11.5 Å². The van der Waals surface area contributed by atoms with Gasteiger partial charge in [-0.1, -0.05) is 35.0 Å². The van der Waals surface area contributed by atoms with Gasteiger partial charge in [0.2, 0.25) is 11.8 Å². The summed E-state index contributed by atoms with van der Waals surface area (Å²) in [5.41, 5.74) is 4.15. The average Bonchev–Trinajstić information content (AvgIpc) is 3.24. The van der Waals surface area contributed by atoms with E-state index in [1.54, 1.807) is 4.90 Å². The normalized spacial score (nSPS) is 12.6. The molecule has 2 heterocycles. The summed E-state index contributed by atoms with van der Waals surface area (Å²) in [7, 11) is 0. The van der Waals surface area contributed by atoms with Crippen LogP contribution in [0.2, 0.25) is 0 Å². The van der Waals surface area contributed by atoms with E-state index in [1.165, 1.54) is 11.8 Å². The van der Waals surface area contributed by atoms with Crippen molar-refractivity contribution < 1.29 is 18.7 Å². The van der Waals surface area contributed by atoms with Crippen LogP contribution in [0.15, 0.2) is 46.0 Å². The minimum atomic E-state index is 0.00791. The highest BCUT2D eigenvalue weighted by atomic mass is 32.2. The van der Waals surface area contributed by atoms with Crippen LogP contribution in [0.4, 0.5) is 0 Å². The van der Waals surface area contributed by atoms with Gasteiger partial charge in [-0.25, -0.2) is 0 Å². The summed E-state index contributed by atoms with van der Waals surface area (Å²) in [6.07, 6.45) is 0. The molecule has 1 aliphatic heterocycles. The fourth-order valence-electron chi connectivity index (χ4n) is 3.48. The zero-order chi connectivity index (χ0) is 21.8. The molecule has 0 atom stereocenters. The van der Waals surface area contributed by atoms with Crippen LogP contribution in [0, 0.1) is 13.8 Å². The van der Waals surface area contributed by atoms with E-state index in [4.69, 9.17) is 13.9 Å². The molecule has 0 radical (unpaired) electrons. The van der Waals surface area contributed by atoms with Crippen LogP contribution in [-0.2, 0) is 11.3 Å². The Kier molecular flexibility index (Phi) is 6.46. The van der Waals surface area contributed by atoms with Gasteiger partial charge in [0.25, 0.3) is 5.22 Å². The zero-order valence-corrected chi connectivity index (χ0v) is 18.7. The summed E-state index contributed by atoms with van der Waals surface area (Å²) in [6, 6.07) is 11.9. The maximum atomic E-state index is 12.8. The van der Waals surface area contributed by atoms with Gasteiger partial charge < -0.3 is 18.8 Å². The van der Waals surface area contributed by atoms with Gasteiger partial charge in [-0.2, -0.15) is 0 Å². The Morgan fingerprint density at radius 2 is 1.77 bits per heavy atom. The molecule has 4 rings (SSSR count). The number of rotatable bonds is 7. The van der Waals surface area contributed by atoms with E-state index in [0.717, 1.165) is 33.8 Å². The van der Waals surface area contributed by atoms with Crippen molar-refractivity contribution in [2.75, 3.05) is 25.5 Å². The van der Waals surface area contributed by atoms with Crippen LogP contribution in [0.1, 0.15) is 23.6 Å². The third-order valence-corrected chi connectivity index (χ3v) is 5.71. The number of carbonyl (C=O) groups is 1. The second-order valence-electron chi connectivity index (χ2n) is 7.42. The van der Waals surface area contributed by atoms with E-state index >= 15 is 0 Å². The van der Waals surface area contributed by atoms with Crippen LogP contribution in [-0.4, -0.2) is 46.5 Å². The number of aryl methyl sites for hydroxylation is 2. The maximum Gasteiger partial charge on any atom is 0.277 e. The highest BCUT2D eigenvalue weighted by Crippen LogP contribution is 2.31. The van der Waals surface area contributed by atoms with Gasteiger partial charge in [-0.15, -0.1) is 10.2 Å². The van der Waals surface area contributed by atoms with E-state index in [-0.39, 0.29) is 11.7 Å². The predicted molar refractivity (Wildman–Crippen MR) is 118 cm³/mol. The van der Waals surface area contributed by atoms with Gasteiger partial charge >= 0.3 is 0 Å². The fourth-order valence-corrected chi connectivity index (χ4v) is 4.15. The van der Waals surface area contributed by atoms with Crippen LogP contribution in [0.3, 0.4) is 0 Å². The van der Waals surface area contributed by atoms with E-state index < -0.39 is 0 Å². The third kappa shape index (κ3) is 5.19. The molecule has 0 aliphatic carbocycles. The standard InChI is InChI=1S/C23H25N3O4S/c1-4-26(13-17-5-6-19-20(12-17)29-8-7-28-19)21(27)14-31-23-25-24-22(30-23)18-10-15(2)9-16(3)11-18/h5-6,9-12H,4,7-8,13-14H2,1-3H3. The number of thioether (sulfide) groups is 1. The number of hydrogen-bond acceptors (Lipinski definition) is 7. The molecule has 0 bridgehead atoms. The Hall–Kier alpha value is -3.00. The minimum absolute atomic E-state index is 0.00791. The largest absolute Gasteiger partial charge is 0.486 e. The molecule has 1 aromatic heterocycles. The molecule has 0 saturated carbocycles. The van der Waals surface area contributed by atoms with Gasteiger partial charge in [0.1, 0.15) is 13.2 Å². The number of aromatic nitrogens is 2. The van der Waals surface area contributed by atoms with Crippen LogP contribution >= 0.6 is 11.8 Å². The summed E-state index contributed by atoms with van der Waals surface area (Å²) in [5.74, 6) is 2.17. The van der Waals surface area contributed by atoms with Crippen LogP contribution in [0.5, 0.6) is 11.5 Å². The lowest BCUT2D eigenvalue weighted by atomic mass is 10.1. The molecule has 2 aromatic carbocycles. The van der Waals surface area contributed by atoms with Crippen molar-refractivity contribution in [2.45, 2.75) is 32.5 Å². The molecule has 0 unspecified atom stereocenters. The first-order chi connectivity index (χ1) is 15.0. The van der Waals surface area contributed by atoms with Crippen molar-refractivity contribution in [3.8, 4) is 23.0 Å². The van der Waals surface area contributed by atoms with E-state index in [9.17, 15) is 4.79 Å². The van der Waals surface area contributed by atoms with Gasteiger partial charge in [0.05, 0.1) is 5.75 Å². The van der Waals surface area contributed by atoms with Crippen LogP contribution < -0.4 is 9.47 Å². The van der Waals surface area contributed by atoms with E-state index in [2.05, 4.69) is 16.3 Å². The molecule has 1 aliphatic rings. The SMILES string of the molecule is CCN(Cc1ccc2c(c1)OCCO2)C(=O)CSc1nnc(-c2cc(C)cc(C)c2)o1. The van der Waals surface area contributed by atoms with E-state index in [1.807, 2.05) is 51.1 Å². The third-order valence-electron chi connectivity index (χ3n) is 4.91. The highest BCUT2D eigenvalue weighted by molar-refractivity contribution is 7.99. The van der Waals surface area contributed by atoms with Crippen molar-refractivity contribution in [1.29, 1.82) is 0 Å². The Morgan fingerprint density at radius 3 is 2.52 bits per heavy atom. The Bertz CT molecular complexity index is 1060. The van der Waals surface area contributed by atoms with E-state index in [0.29, 0.717) is 37.4 Å². The molecular weight excluding hydrogens is 414 g/mol. The lowest BCUT2D eigenvalue weighted by molar-refractivity contribution is -0.128. The summed E-state index contributed by atoms with van der Waals surface area (Å²) in [6.45, 7) is 8.23. The first kappa shape index (κ1) is 21.2. The maximum absolute atomic E-state index is 12.8. The average molecular weight is 440 g/mol. The number of nitrogens with zero attached hydrogens (tertiary/aromatic N) is 3. The van der Waals surface area contributed by atoms with Crippen molar-refractivity contribution in [1.82, 2.24) is 15.1 Å². The fraction of sp³-hybridized carbons (Fsp3) is 0.348. The molecule has 8 heteroatoms. The number of fused-ring (bicyclic) bond motifs is 1. The second-order valence-corrected chi connectivity index (χ2v) is 8.35. The number of hydrogen-bond donors (Lipinski definition) is 0. The first-order valence-corrected chi connectivity index (χ1v) is 11.2. The summed E-state index contributed by atoms with van der Waals surface area (Å²) >= 11 is 1.25. The number of amides is 1. The molecule has 162 valence electrons. The summed E-state index contributed by atoms with van der Waals surface area (Å²) in [5, 5.41) is 8.61. The van der Waals surface area contributed by atoms with Crippen molar-refractivity contribution >= 4 is 17.7 Å². The second kappa shape index (κ2) is 9.43. The quantitative estimate of drug-likeness (QED) is 0.509. The van der Waals surface area contributed by atoms with Gasteiger partial charge in [-0.05, 0) is 50.6 Å². The molecule has 0 N–H and O–H groups in total. The summed E-state index contributed by atoms with van der Waals surface area (Å²) < 4.78 is 17.0. The molecule has 3 aromatic rings. The first-order valence-electron chi connectivity index (χ1n) is 10.2. The molecule has 0 spiro atoms. The lowest BCUT2D eigenvalue weighted by Crippen LogP contribution is -2.31. The molecule has 0 saturated heterocycles.